The van der Waals surface area contributed by atoms with E-state index in [1.165, 1.54) is 23.9 Å². The number of nitrogens with zero attached hydrogens (tertiary/aromatic N) is 2. The first-order valence-corrected chi connectivity index (χ1v) is 8.06. The molecule has 2 aromatic heterocycles. The van der Waals surface area contributed by atoms with Gasteiger partial charge in [-0.05, 0) is 23.6 Å². The molecule has 0 saturated heterocycles. The van der Waals surface area contributed by atoms with Gasteiger partial charge in [-0.25, -0.2) is 4.39 Å². The fourth-order valence-corrected chi connectivity index (χ4v) is 2.84. The molecule has 0 fully saturated rings. The summed E-state index contributed by atoms with van der Waals surface area (Å²) < 4.78 is 23.9. The predicted molar refractivity (Wildman–Crippen MR) is 80.2 cm³/mol. The molecule has 2 heterocycles. The van der Waals surface area contributed by atoms with Gasteiger partial charge in [-0.2, -0.15) is 0 Å². The molecule has 0 amide bonds. The third-order valence-electron chi connectivity index (χ3n) is 2.51. The summed E-state index contributed by atoms with van der Waals surface area (Å²) in [6.07, 6.45) is 0. The van der Waals surface area contributed by atoms with Crippen LogP contribution in [-0.2, 0) is 0 Å². The molecule has 0 bridgehead atoms. The van der Waals surface area contributed by atoms with Gasteiger partial charge in [-0.3, -0.25) is 0 Å². The summed E-state index contributed by atoms with van der Waals surface area (Å²) in [6.45, 7) is 0.435. The Labute approximate surface area is 129 Å². The molecule has 7 heteroatoms. The minimum absolute atomic E-state index is 0.308. The molecule has 21 heavy (non-hydrogen) atoms. The van der Waals surface area contributed by atoms with Crippen LogP contribution in [0.1, 0.15) is 0 Å². The highest BCUT2D eigenvalue weighted by Crippen LogP contribution is 2.26. The average molecular weight is 322 g/mol. The molecule has 0 saturated carbocycles. The van der Waals surface area contributed by atoms with Gasteiger partial charge in [0.25, 0.3) is 11.1 Å². The van der Waals surface area contributed by atoms with Gasteiger partial charge < -0.3 is 9.15 Å². The second-order valence-electron chi connectivity index (χ2n) is 4.00. The Morgan fingerprint density at radius 1 is 1.24 bits per heavy atom. The Bertz CT molecular complexity index is 701. The molecule has 0 unspecified atom stereocenters. The summed E-state index contributed by atoms with van der Waals surface area (Å²) in [7, 11) is 0. The Kier molecular flexibility index (Phi) is 4.52. The summed E-state index contributed by atoms with van der Waals surface area (Å²) in [5.41, 5.74) is 0. The van der Waals surface area contributed by atoms with Gasteiger partial charge >= 0.3 is 0 Å². The predicted octanol–water partition coefficient (Wildman–Crippen LogP) is 4.11. The normalized spacial score (nSPS) is 10.7. The smallest absolute Gasteiger partial charge is 0.277 e. The zero-order valence-corrected chi connectivity index (χ0v) is 12.5. The summed E-state index contributed by atoms with van der Waals surface area (Å²) in [4.78, 5) is 0.949. The fourth-order valence-electron chi connectivity index (χ4n) is 1.61. The van der Waals surface area contributed by atoms with Crippen molar-refractivity contribution in [1.82, 2.24) is 10.2 Å². The third kappa shape index (κ3) is 3.83. The number of halogens is 1. The number of aromatic nitrogens is 2. The molecule has 0 atom stereocenters. The van der Waals surface area contributed by atoms with E-state index in [1.54, 1.807) is 23.5 Å². The van der Waals surface area contributed by atoms with E-state index in [9.17, 15) is 4.39 Å². The molecule has 0 radical (unpaired) electrons. The van der Waals surface area contributed by atoms with E-state index in [0.29, 0.717) is 29.2 Å². The largest absolute Gasteiger partial charge is 0.493 e. The summed E-state index contributed by atoms with van der Waals surface area (Å²) in [5, 5.41) is 10.4. The fraction of sp³-hybridized carbons (Fsp3) is 0.143. The monoisotopic (exact) mass is 322 g/mol. The number of rotatable bonds is 6. The Hall–Kier alpha value is -1.86. The van der Waals surface area contributed by atoms with Crippen molar-refractivity contribution in [2.24, 2.45) is 0 Å². The number of thioether (sulfide) groups is 1. The van der Waals surface area contributed by atoms with Crippen LogP contribution in [0, 0.1) is 5.82 Å². The van der Waals surface area contributed by atoms with Crippen LogP contribution in [-0.4, -0.2) is 22.6 Å². The molecular weight excluding hydrogens is 311 g/mol. The maximum absolute atomic E-state index is 13.0. The summed E-state index contributed by atoms with van der Waals surface area (Å²) >= 11 is 2.96. The zero-order chi connectivity index (χ0) is 14.5. The van der Waals surface area contributed by atoms with Crippen molar-refractivity contribution in [3.05, 3.63) is 47.6 Å². The second kappa shape index (κ2) is 6.73. The van der Waals surface area contributed by atoms with Crippen molar-refractivity contribution in [2.75, 3.05) is 12.4 Å². The zero-order valence-electron chi connectivity index (χ0n) is 10.9. The van der Waals surface area contributed by atoms with Crippen LogP contribution in [0.3, 0.4) is 0 Å². The highest BCUT2D eigenvalue weighted by atomic mass is 32.2. The lowest BCUT2D eigenvalue weighted by Crippen LogP contribution is -2.00. The van der Waals surface area contributed by atoms with Crippen LogP contribution in [0.25, 0.3) is 10.8 Å². The first-order valence-electron chi connectivity index (χ1n) is 6.20. The molecule has 0 aliphatic rings. The Morgan fingerprint density at radius 3 is 3.00 bits per heavy atom. The molecule has 0 spiro atoms. The van der Waals surface area contributed by atoms with Gasteiger partial charge in [0.2, 0.25) is 0 Å². The highest BCUT2D eigenvalue weighted by molar-refractivity contribution is 7.99. The van der Waals surface area contributed by atoms with Gasteiger partial charge in [-0.1, -0.05) is 23.9 Å². The van der Waals surface area contributed by atoms with E-state index in [2.05, 4.69) is 10.2 Å². The lowest BCUT2D eigenvalue weighted by atomic mass is 10.3. The van der Waals surface area contributed by atoms with Crippen LogP contribution < -0.4 is 4.74 Å². The van der Waals surface area contributed by atoms with Gasteiger partial charge in [0.05, 0.1) is 11.5 Å². The molecule has 1 aromatic carbocycles. The number of thiophene rings is 1. The van der Waals surface area contributed by atoms with E-state index in [-0.39, 0.29) is 5.82 Å². The highest BCUT2D eigenvalue weighted by Gasteiger charge is 2.09. The van der Waals surface area contributed by atoms with Crippen molar-refractivity contribution in [1.29, 1.82) is 0 Å². The van der Waals surface area contributed by atoms with Gasteiger partial charge in [-0.15, -0.1) is 21.5 Å². The molecule has 3 aromatic rings. The van der Waals surface area contributed by atoms with E-state index < -0.39 is 0 Å². The summed E-state index contributed by atoms with van der Waals surface area (Å²) in [6, 6.07) is 9.93. The maximum atomic E-state index is 13.0. The lowest BCUT2D eigenvalue weighted by Gasteiger charge is -2.04. The van der Waals surface area contributed by atoms with Crippen molar-refractivity contribution in [2.45, 2.75) is 5.22 Å². The van der Waals surface area contributed by atoms with Crippen LogP contribution in [0.4, 0.5) is 4.39 Å². The maximum Gasteiger partial charge on any atom is 0.277 e. The van der Waals surface area contributed by atoms with E-state index in [0.717, 1.165) is 4.88 Å². The van der Waals surface area contributed by atoms with E-state index >= 15 is 0 Å². The first kappa shape index (κ1) is 14.1. The quantitative estimate of drug-likeness (QED) is 0.505. The molecule has 108 valence electrons. The second-order valence-corrected chi connectivity index (χ2v) is 6.00. The van der Waals surface area contributed by atoms with Crippen LogP contribution in [0.5, 0.6) is 5.75 Å². The molecule has 0 aliphatic heterocycles. The van der Waals surface area contributed by atoms with E-state index in [4.69, 9.17) is 9.15 Å². The van der Waals surface area contributed by atoms with Crippen molar-refractivity contribution < 1.29 is 13.5 Å². The molecule has 4 nitrogen and oxygen atoms in total. The topological polar surface area (TPSA) is 48.2 Å². The molecule has 0 aliphatic carbocycles. The molecule has 3 rings (SSSR count). The van der Waals surface area contributed by atoms with Gasteiger partial charge in [0.1, 0.15) is 11.6 Å². The van der Waals surface area contributed by atoms with Crippen molar-refractivity contribution in [3.8, 4) is 16.5 Å². The first-order chi connectivity index (χ1) is 10.3. The molecular formula is C14H11FN2O2S2. The van der Waals surface area contributed by atoms with Crippen molar-refractivity contribution in [3.63, 3.8) is 0 Å². The Morgan fingerprint density at radius 2 is 2.19 bits per heavy atom. The number of ether oxygens (including phenoxy) is 1. The van der Waals surface area contributed by atoms with Gasteiger partial charge in [0, 0.05) is 11.8 Å². The van der Waals surface area contributed by atoms with Crippen molar-refractivity contribution >= 4 is 23.1 Å². The molecule has 0 N–H and O–H groups in total. The number of benzene rings is 1. The number of hydrogen-bond donors (Lipinski definition) is 0. The average Bonchev–Trinajstić information content (AvgIpc) is 3.14. The van der Waals surface area contributed by atoms with E-state index in [1.807, 2.05) is 17.5 Å². The van der Waals surface area contributed by atoms with Crippen LogP contribution in [0.15, 0.2) is 51.4 Å². The number of hydrogen-bond acceptors (Lipinski definition) is 6. The minimum Gasteiger partial charge on any atom is -0.493 e. The summed E-state index contributed by atoms with van der Waals surface area (Å²) in [5.74, 6) is 1.37. The Balaban J connectivity index is 1.48. The third-order valence-corrected chi connectivity index (χ3v) is 4.15. The van der Waals surface area contributed by atoms with Crippen LogP contribution in [0.2, 0.25) is 0 Å². The lowest BCUT2D eigenvalue weighted by molar-refractivity contribution is 0.341. The standard InChI is InChI=1S/C14H11FN2O2S2/c15-10-3-1-4-11(9-10)18-6-8-21-14-17-16-13(19-14)12-5-2-7-20-12/h1-5,7,9H,6,8H2. The van der Waals surface area contributed by atoms with Crippen LogP contribution >= 0.6 is 23.1 Å². The minimum atomic E-state index is -0.308. The van der Waals surface area contributed by atoms with Gasteiger partial charge in [0.15, 0.2) is 0 Å². The SMILES string of the molecule is Fc1cccc(OCCSc2nnc(-c3cccs3)o2)c1.